The summed E-state index contributed by atoms with van der Waals surface area (Å²) >= 11 is 6.41. The Morgan fingerprint density at radius 3 is 2.41 bits per heavy atom. The molecule has 3 N–H and O–H groups in total. The van der Waals surface area contributed by atoms with E-state index in [1.54, 1.807) is 31.4 Å². The first-order chi connectivity index (χ1) is 21.0. The molecule has 0 radical (unpaired) electrons. The van der Waals surface area contributed by atoms with Crippen LogP contribution in [0.15, 0.2) is 48.7 Å². The van der Waals surface area contributed by atoms with Gasteiger partial charge in [0.05, 0.1) is 43.2 Å². The standard InChI is InChI=1S/C30H38ClN7O5S/c1-36(44(3,41)42)25-7-5-4-6-23(25)33-28-22(31)19-32-29(35-28)34-24-9-8-21(18-26(24)43-2)38-16-12-30(13-17-38)10-14-37(15-11-30)20-27(39)40/h4-9,18-19H,10-17,20H2,1-3H3,(H,39,40)(H2,32,33,34,35). The second-order valence-corrected chi connectivity index (χ2v) is 13.9. The average Bonchev–Trinajstić information content (AvgIpc) is 3.00. The number of sulfonamides is 1. The van der Waals surface area contributed by atoms with Crippen molar-refractivity contribution in [2.75, 3.05) is 73.0 Å². The fourth-order valence-corrected chi connectivity index (χ4v) is 6.55. The van der Waals surface area contributed by atoms with Crippen LogP contribution in [0.2, 0.25) is 5.02 Å². The summed E-state index contributed by atoms with van der Waals surface area (Å²) in [5, 5.41) is 15.7. The number of rotatable bonds is 10. The van der Waals surface area contributed by atoms with Crippen LogP contribution in [0, 0.1) is 5.41 Å². The van der Waals surface area contributed by atoms with Crippen LogP contribution in [0.5, 0.6) is 5.75 Å². The number of piperidine rings is 2. The molecular formula is C30H38ClN7O5S. The number of anilines is 6. The highest BCUT2D eigenvalue weighted by molar-refractivity contribution is 7.92. The summed E-state index contributed by atoms with van der Waals surface area (Å²) in [7, 11) is -0.386. The number of hydrogen-bond acceptors (Lipinski definition) is 10. The van der Waals surface area contributed by atoms with Gasteiger partial charge in [-0.25, -0.2) is 13.4 Å². The number of halogens is 1. The molecule has 2 fully saturated rings. The number of benzene rings is 2. The lowest BCUT2D eigenvalue weighted by Gasteiger charge is -2.47. The lowest BCUT2D eigenvalue weighted by atomic mass is 9.71. The Hall–Kier alpha value is -3.81. The second kappa shape index (κ2) is 13.0. The molecule has 0 unspecified atom stereocenters. The summed E-state index contributed by atoms with van der Waals surface area (Å²) in [6.07, 6.45) is 6.84. The van der Waals surface area contributed by atoms with Crippen molar-refractivity contribution in [3.63, 3.8) is 0 Å². The summed E-state index contributed by atoms with van der Waals surface area (Å²) < 4.78 is 31.2. The molecule has 0 atom stereocenters. The number of carbonyl (C=O) groups is 1. The molecule has 2 aliphatic heterocycles. The summed E-state index contributed by atoms with van der Waals surface area (Å²) in [6.45, 7) is 3.67. The van der Waals surface area contributed by atoms with Gasteiger partial charge in [-0.2, -0.15) is 4.98 Å². The highest BCUT2D eigenvalue weighted by atomic mass is 35.5. The number of carboxylic acid groups (broad SMARTS) is 1. The molecule has 2 aliphatic rings. The summed E-state index contributed by atoms with van der Waals surface area (Å²) in [4.78, 5) is 24.4. The first-order valence-electron chi connectivity index (χ1n) is 14.4. The van der Waals surface area contributed by atoms with E-state index in [1.807, 2.05) is 23.1 Å². The molecule has 3 heterocycles. The van der Waals surface area contributed by atoms with E-state index < -0.39 is 16.0 Å². The molecule has 12 nitrogen and oxygen atoms in total. The maximum absolute atomic E-state index is 12.2. The predicted molar refractivity (Wildman–Crippen MR) is 173 cm³/mol. The Bertz CT molecular complexity index is 1610. The van der Waals surface area contributed by atoms with E-state index >= 15 is 0 Å². The molecule has 44 heavy (non-hydrogen) atoms. The minimum Gasteiger partial charge on any atom is -0.494 e. The lowest BCUT2D eigenvalue weighted by Crippen LogP contribution is -2.47. The van der Waals surface area contributed by atoms with Crippen LogP contribution in [-0.4, -0.2) is 87.5 Å². The van der Waals surface area contributed by atoms with Crippen LogP contribution in [0.25, 0.3) is 0 Å². The minimum atomic E-state index is -3.48. The van der Waals surface area contributed by atoms with E-state index in [9.17, 15) is 13.2 Å². The van der Waals surface area contributed by atoms with Gasteiger partial charge in [0.2, 0.25) is 16.0 Å². The third-order valence-corrected chi connectivity index (χ3v) is 10.1. The number of nitrogens with one attached hydrogen (secondary N) is 2. The molecule has 3 aromatic rings. The highest BCUT2D eigenvalue weighted by Gasteiger charge is 2.38. The quantitative estimate of drug-likeness (QED) is 0.281. The number of ether oxygens (including phenoxy) is 1. The van der Waals surface area contributed by atoms with Gasteiger partial charge >= 0.3 is 5.97 Å². The second-order valence-electron chi connectivity index (χ2n) is 11.4. The van der Waals surface area contributed by atoms with Crippen molar-refractivity contribution in [3.8, 4) is 5.75 Å². The van der Waals surface area contributed by atoms with Crippen LogP contribution >= 0.6 is 11.6 Å². The first kappa shape index (κ1) is 31.6. The third kappa shape index (κ3) is 7.28. The molecule has 2 aromatic carbocycles. The van der Waals surface area contributed by atoms with E-state index in [-0.39, 0.29) is 22.9 Å². The molecule has 2 saturated heterocycles. The van der Waals surface area contributed by atoms with Crippen molar-refractivity contribution in [2.45, 2.75) is 25.7 Å². The van der Waals surface area contributed by atoms with Crippen LogP contribution < -0.4 is 24.6 Å². The van der Waals surface area contributed by atoms with Crippen LogP contribution in [0.4, 0.5) is 34.5 Å². The van der Waals surface area contributed by atoms with E-state index in [4.69, 9.17) is 21.4 Å². The van der Waals surface area contributed by atoms with Crippen molar-refractivity contribution in [2.24, 2.45) is 5.41 Å². The molecule has 1 spiro atoms. The molecule has 236 valence electrons. The van der Waals surface area contributed by atoms with Crippen molar-refractivity contribution in [1.29, 1.82) is 0 Å². The molecular weight excluding hydrogens is 606 g/mol. The van der Waals surface area contributed by atoms with E-state index in [2.05, 4.69) is 25.5 Å². The van der Waals surface area contributed by atoms with Gasteiger partial charge in [0.1, 0.15) is 10.8 Å². The number of hydrogen-bond donors (Lipinski definition) is 3. The van der Waals surface area contributed by atoms with Crippen molar-refractivity contribution in [3.05, 3.63) is 53.7 Å². The molecule has 0 bridgehead atoms. The molecule has 0 amide bonds. The fourth-order valence-electron chi connectivity index (χ4n) is 5.89. The molecule has 0 aliphatic carbocycles. The van der Waals surface area contributed by atoms with Crippen LogP contribution in [0.1, 0.15) is 25.7 Å². The molecule has 1 aromatic heterocycles. The lowest BCUT2D eigenvalue weighted by molar-refractivity contribution is -0.139. The monoisotopic (exact) mass is 643 g/mol. The Kier molecular flexibility index (Phi) is 9.37. The zero-order valence-corrected chi connectivity index (χ0v) is 26.7. The van der Waals surface area contributed by atoms with Crippen molar-refractivity contribution < 1.29 is 23.1 Å². The molecule has 0 saturated carbocycles. The Balaban J connectivity index is 1.26. The van der Waals surface area contributed by atoms with Gasteiger partial charge < -0.3 is 25.4 Å². The maximum Gasteiger partial charge on any atom is 0.317 e. The Labute approximate surface area is 263 Å². The zero-order valence-electron chi connectivity index (χ0n) is 25.1. The largest absolute Gasteiger partial charge is 0.494 e. The van der Waals surface area contributed by atoms with E-state index in [0.717, 1.165) is 63.8 Å². The van der Waals surface area contributed by atoms with Gasteiger partial charge in [-0.1, -0.05) is 23.7 Å². The van der Waals surface area contributed by atoms with Crippen molar-refractivity contribution in [1.82, 2.24) is 14.9 Å². The van der Waals surface area contributed by atoms with Crippen LogP contribution in [-0.2, 0) is 14.8 Å². The Morgan fingerprint density at radius 2 is 1.75 bits per heavy atom. The van der Waals surface area contributed by atoms with Gasteiger partial charge in [0.15, 0.2) is 5.82 Å². The number of carboxylic acids is 1. The average molecular weight is 644 g/mol. The smallest absolute Gasteiger partial charge is 0.317 e. The predicted octanol–water partition coefficient (Wildman–Crippen LogP) is 4.79. The third-order valence-electron chi connectivity index (χ3n) is 8.63. The van der Waals surface area contributed by atoms with Crippen molar-refractivity contribution >= 4 is 62.1 Å². The van der Waals surface area contributed by atoms with Gasteiger partial charge in [0.25, 0.3) is 0 Å². The fraction of sp³-hybridized carbons (Fsp3) is 0.433. The van der Waals surface area contributed by atoms with Gasteiger partial charge in [-0.05, 0) is 68.5 Å². The molecule has 5 rings (SSSR count). The zero-order chi connectivity index (χ0) is 31.5. The Morgan fingerprint density at radius 1 is 1.07 bits per heavy atom. The number of likely N-dealkylation sites (tertiary alicyclic amines) is 1. The summed E-state index contributed by atoms with van der Waals surface area (Å²) in [6, 6.07) is 13.0. The summed E-state index contributed by atoms with van der Waals surface area (Å²) in [5.41, 5.74) is 3.00. The number of para-hydroxylation sites is 2. The normalized spacial score (nSPS) is 16.9. The highest BCUT2D eigenvalue weighted by Crippen LogP contribution is 2.43. The SMILES string of the molecule is COc1cc(N2CCC3(CCN(CC(=O)O)CC3)CC2)ccc1Nc1ncc(Cl)c(Nc2ccccc2N(C)S(C)(=O)=O)n1. The number of methoxy groups -OCH3 is 1. The van der Waals surface area contributed by atoms with E-state index in [1.165, 1.54) is 17.5 Å². The minimum absolute atomic E-state index is 0.123. The number of aromatic nitrogens is 2. The van der Waals surface area contributed by atoms with Crippen LogP contribution in [0.3, 0.4) is 0 Å². The van der Waals surface area contributed by atoms with Gasteiger partial charge in [-0.15, -0.1) is 0 Å². The number of nitrogens with zero attached hydrogens (tertiary/aromatic N) is 5. The van der Waals surface area contributed by atoms with Gasteiger partial charge in [0, 0.05) is 31.9 Å². The van der Waals surface area contributed by atoms with E-state index in [0.29, 0.717) is 28.6 Å². The number of aliphatic carboxylic acids is 1. The first-order valence-corrected chi connectivity index (χ1v) is 16.7. The maximum atomic E-state index is 12.2. The molecule has 14 heteroatoms. The topological polar surface area (TPSA) is 140 Å². The van der Waals surface area contributed by atoms with Gasteiger partial charge in [-0.3, -0.25) is 14.0 Å². The summed E-state index contributed by atoms with van der Waals surface area (Å²) in [5.74, 6) is 0.470.